The molecule has 0 N–H and O–H groups in total. The highest BCUT2D eigenvalue weighted by molar-refractivity contribution is 9.10. The number of nitrogens with zero attached hydrogens (tertiary/aromatic N) is 2. The molecule has 4 rings (SSSR count). The summed E-state index contributed by atoms with van der Waals surface area (Å²) in [5.41, 5.74) is 21.1. The lowest BCUT2D eigenvalue weighted by Gasteiger charge is -2.34. The molecule has 2 aromatic carbocycles. The molecule has 2 aliphatic heterocycles. The van der Waals surface area contributed by atoms with Gasteiger partial charge in [0, 0.05) is 28.7 Å². The lowest BCUT2D eigenvalue weighted by atomic mass is 10.0. The largest absolute Gasteiger partial charge is 0.341 e. The first kappa shape index (κ1) is 30.1. The van der Waals surface area contributed by atoms with Crippen LogP contribution in [0.1, 0.15) is 19.3 Å². The Morgan fingerprint density at radius 3 is 2.00 bits per heavy atom. The van der Waals surface area contributed by atoms with E-state index >= 15 is 0 Å². The third-order valence-corrected chi connectivity index (χ3v) is 7.75. The van der Waals surface area contributed by atoms with E-state index in [0.717, 1.165) is 29.3 Å². The molecule has 0 bridgehead atoms. The highest BCUT2D eigenvalue weighted by atomic mass is 79.9. The molecule has 0 aliphatic carbocycles. The van der Waals surface area contributed by atoms with Crippen LogP contribution >= 0.6 is 15.9 Å². The van der Waals surface area contributed by atoms with Gasteiger partial charge in [-0.05, 0) is 92.8 Å². The van der Waals surface area contributed by atoms with Crippen molar-refractivity contribution >= 4 is 37.5 Å². The molecular formula is C31H27BrN2O3S. The van der Waals surface area contributed by atoms with E-state index in [4.69, 9.17) is 0 Å². The van der Waals surface area contributed by atoms with E-state index in [1.165, 1.54) is 4.31 Å². The number of hydrogen-bond donors (Lipinski definition) is 0. The summed E-state index contributed by atoms with van der Waals surface area (Å²) in [6.07, 6.45) is 3.08. The first-order chi connectivity index (χ1) is 18.3. The van der Waals surface area contributed by atoms with Gasteiger partial charge in [-0.25, -0.2) is 8.42 Å². The fraction of sp³-hybridized carbons (Fsp3) is 0.194. The predicted octanol–water partition coefficient (Wildman–Crippen LogP) is 6.48. The van der Waals surface area contributed by atoms with Crippen LogP contribution in [0, 0.1) is 0 Å². The molecular weight excluding hydrogens is 560 g/mol. The molecule has 2 heterocycles. The Hall–Kier alpha value is -4.14. The fourth-order valence-corrected chi connectivity index (χ4v) is 5.83. The highest BCUT2D eigenvalue weighted by Crippen LogP contribution is 2.43. The van der Waals surface area contributed by atoms with Crippen LogP contribution in [0.3, 0.4) is 0 Å². The van der Waals surface area contributed by atoms with Gasteiger partial charge in [-0.3, -0.25) is 9.10 Å². The highest BCUT2D eigenvalue weighted by Gasteiger charge is 2.36. The van der Waals surface area contributed by atoms with Crippen LogP contribution in [-0.4, -0.2) is 38.9 Å². The van der Waals surface area contributed by atoms with Crippen molar-refractivity contribution in [3.8, 4) is 11.1 Å². The fourth-order valence-electron chi connectivity index (χ4n) is 3.82. The number of benzene rings is 2. The molecule has 192 valence electrons. The number of fused-ring (bicyclic) bond motifs is 3. The van der Waals surface area contributed by atoms with E-state index < -0.39 is 10.0 Å². The number of anilines is 1. The minimum absolute atomic E-state index is 0.137. The van der Waals surface area contributed by atoms with Crippen LogP contribution in [0.2, 0.25) is 0 Å². The Morgan fingerprint density at radius 1 is 0.816 bits per heavy atom. The summed E-state index contributed by atoms with van der Waals surface area (Å²) in [6.45, 7) is 14.2. The average Bonchev–Trinajstić information content (AvgIpc) is 2.93. The van der Waals surface area contributed by atoms with Gasteiger partial charge in [-0.1, -0.05) is 57.1 Å². The number of sulfonamides is 1. The Labute approximate surface area is 233 Å². The van der Waals surface area contributed by atoms with Gasteiger partial charge in [0.1, 0.15) is 6.54 Å². The number of likely N-dealkylation sites (tertiary alicyclic amines) is 1. The third kappa shape index (κ3) is 7.93. The average molecular weight is 588 g/mol. The van der Waals surface area contributed by atoms with Crippen molar-refractivity contribution in [1.29, 1.82) is 0 Å². The zero-order valence-electron chi connectivity index (χ0n) is 21.0. The number of rotatable bonds is 2. The van der Waals surface area contributed by atoms with Crippen molar-refractivity contribution in [2.75, 3.05) is 23.9 Å². The van der Waals surface area contributed by atoms with Gasteiger partial charge >= 0.3 is 0 Å². The van der Waals surface area contributed by atoms with Crippen molar-refractivity contribution in [2.45, 2.75) is 24.2 Å². The maximum absolute atomic E-state index is 13.2. The van der Waals surface area contributed by atoms with Gasteiger partial charge in [0.2, 0.25) is 5.91 Å². The van der Waals surface area contributed by atoms with Crippen LogP contribution in [0.5, 0.6) is 0 Å². The van der Waals surface area contributed by atoms with Crippen molar-refractivity contribution < 1.29 is 13.2 Å². The summed E-state index contributed by atoms with van der Waals surface area (Å²) in [6, 6.07) is 12.4. The van der Waals surface area contributed by atoms with Gasteiger partial charge in [0.15, 0.2) is 0 Å². The molecule has 1 fully saturated rings. The predicted molar refractivity (Wildman–Crippen MR) is 155 cm³/mol. The molecule has 0 spiro atoms. The molecule has 5 nitrogen and oxygen atoms in total. The van der Waals surface area contributed by atoms with Crippen LogP contribution < -0.4 is 4.31 Å². The first-order valence-electron chi connectivity index (χ1n) is 11.6. The number of piperidine rings is 1. The van der Waals surface area contributed by atoms with Gasteiger partial charge < -0.3 is 4.90 Å². The molecule has 1 saturated heterocycles. The monoisotopic (exact) mass is 586 g/mol. The molecule has 1 amide bonds. The second-order valence-electron chi connectivity index (χ2n) is 7.82. The topological polar surface area (TPSA) is 57.7 Å². The van der Waals surface area contributed by atoms with Crippen LogP contribution in [0.4, 0.5) is 5.69 Å². The molecule has 0 aromatic heterocycles. The normalized spacial score (nSPS) is 13.5. The zero-order valence-corrected chi connectivity index (χ0v) is 23.4. The summed E-state index contributed by atoms with van der Waals surface area (Å²) in [4.78, 5) is 14.8. The van der Waals surface area contributed by atoms with E-state index in [-0.39, 0.29) is 17.3 Å². The molecule has 2 aromatic rings. The number of carbonyl (C=O) groups excluding carboxylic acids is 1. The zero-order chi connectivity index (χ0) is 28.0. The molecule has 0 saturated carbocycles. The minimum Gasteiger partial charge on any atom is -0.341 e. The van der Waals surface area contributed by atoms with E-state index in [1.807, 2.05) is 18.2 Å². The molecule has 0 unspecified atom stereocenters. The smallest absolute Gasteiger partial charge is 0.265 e. The summed E-state index contributed by atoms with van der Waals surface area (Å²) >= 11 is 3.46. The van der Waals surface area contributed by atoms with Crippen LogP contribution in [0.25, 0.3) is 11.1 Å². The molecule has 2 aliphatic rings. The Bertz CT molecular complexity index is 1550. The van der Waals surface area contributed by atoms with E-state index in [2.05, 4.69) is 88.1 Å². The quantitative estimate of drug-likeness (QED) is 0.378. The molecule has 7 heteroatoms. The SMILES string of the molecule is C=C=C=C=C.C=C=C=C=C=C=C.O=C(CN1c2ccc(Br)cc2-c2ccccc2S1(=O)=O)N1CCCCC1. The number of amides is 1. The second kappa shape index (κ2) is 15.2. The van der Waals surface area contributed by atoms with E-state index in [0.29, 0.717) is 24.3 Å². The van der Waals surface area contributed by atoms with Gasteiger partial charge in [-0.15, -0.1) is 0 Å². The van der Waals surface area contributed by atoms with E-state index in [1.54, 1.807) is 29.2 Å². The number of halogens is 1. The van der Waals surface area contributed by atoms with E-state index in [9.17, 15) is 13.2 Å². The summed E-state index contributed by atoms with van der Waals surface area (Å²) in [5, 5.41) is 0. The maximum atomic E-state index is 13.2. The van der Waals surface area contributed by atoms with Crippen LogP contribution in [-0.2, 0) is 14.8 Å². The third-order valence-electron chi connectivity index (χ3n) is 5.44. The first-order valence-corrected chi connectivity index (χ1v) is 13.8. The lowest BCUT2D eigenvalue weighted by molar-refractivity contribution is -0.130. The number of hydrogen-bond acceptors (Lipinski definition) is 3. The molecule has 0 atom stereocenters. The van der Waals surface area contributed by atoms with Crippen LogP contribution in [0.15, 0.2) is 124 Å². The summed E-state index contributed by atoms with van der Waals surface area (Å²) < 4.78 is 28.6. The van der Waals surface area contributed by atoms with Crippen molar-refractivity contribution in [2.24, 2.45) is 0 Å². The maximum Gasteiger partial charge on any atom is 0.265 e. The van der Waals surface area contributed by atoms with Gasteiger partial charge in [0.25, 0.3) is 10.0 Å². The van der Waals surface area contributed by atoms with Crippen molar-refractivity contribution in [3.05, 3.63) is 119 Å². The minimum atomic E-state index is -3.77. The second-order valence-corrected chi connectivity index (χ2v) is 10.6. The van der Waals surface area contributed by atoms with Gasteiger partial charge in [-0.2, -0.15) is 0 Å². The summed E-state index contributed by atoms with van der Waals surface area (Å²) in [5.74, 6) is -0.137. The summed E-state index contributed by atoms with van der Waals surface area (Å²) in [7, 11) is -3.77. The Kier molecular flexibility index (Phi) is 12.0. The molecule has 38 heavy (non-hydrogen) atoms. The molecule has 0 radical (unpaired) electrons. The van der Waals surface area contributed by atoms with Crippen molar-refractivity contribution in [3.63, 3.8) is 0 Å². The number of carbonyl (C=O) groups is 1. The van der Waals surface area contributed by atoms with Crippen molar-refractivity contribution in [1.82, 2.24) is 4.90 Å². The lowest BCUT2D eigenvalue weighted by Crippen LogP contribution is -2.45. The standard InChI is InChI=1S/C19H19BrN2O3S.C7H4.C5H4/c20-14-8-9-17-16(12-14)15-6-2-3-7-18(15)26(24,25)22(17)13-19(23)21-10-4-1-5-11-21;1-3-5-7-6-4-2;1-3-5-4-2/h2-3,6-9,12H,1,4-5,10-11,13H2;1-2H2;1-2H2. The Balaban J connectivity index is 0.000000355. The van der Waals surface area contributed by atoms with Gasteiger partial charge in [0.05, 0.1) is 10.6 Å². The Morgan fingerprint density at radius 2 is 1.42 bits per heavy atom.